The second-order valence-corrected chi connectivity index (χ2v) is 11.4. The number of carbonyl (C=O) groups is 2. The molecule has 1 fully saturated rings. The van der Waals surface area contributed by atoms with Crippen LogP contribution in [0.3, 0.4) is 0 Å². The number of carbonyl (C=O) groups excluding carboxylic acids is 2. The van der Waals surface area contributed by atoms with Crippen LogP contribution in [0.2, 0.25) is 0 Å². The van der Waals surface area contributed by atoms with Crippen LogP contribution >= 0.6 is 11.3 Å². The maximum Gasteiger partial charge on any atom is 0.417 e. The highest BCUT2D eigenvalue weighted by Gasteiger charge is 2.36. The number of nitrogens with zero attached hydrogens (tertiary/aromatic N) is 3. The molecule has 0 saturated carbocycles. The maximum absolute atomic E-state index is 14.2. The molecule has 1 atom stereocenters. The number of pyridine rings is 2. The van der Waals surface area contributed by atoms with Gasteiger partial charge in [-0.1, -0.05) is 0 Å². The van der Waals surface area contributed by atoms with Crippen LogP contribution in [0.15, 0.2) is 60.9 Å². The van der Waals surface area contributed by atoms with Gasteiger partial charge in [0.15, 0.2) is 5.78 Å². The Bertz CT molecular complexity index is 1630. The molecule has 1 amide bonds. The summed E-state index contributed by atoms with van der Waals surface area (Å²) in [5.41, 5.74) is 4.80. The number of amides is 1. The minimum absolute atomic E-state index is 0.0123. The number of allylic oxidation sites excluding steroid dienone is 1. The Kier molecular flexibility index (Phi) is 7.65. The minimum atomic E-state index is -4.60. The van der Waals surface area contributed by atoms with Crippen LogP contribution in [0.5, 0.6) is 0 Å². The number of aryl methyl sites for hydroxylation is 1. The zero-order chi connectivity index (χ0) is 29.4. The monoisotopic (exact) mass is 582 g/mol. The van der Waals surface area contributed by atoms with Gasteiger partial charge < -0.3 is 10.6 Å². The van der Waals surface area contributed by atoms with Crippen molar-refractivity contribution in [1.29, 1.82) is 0 Å². The third-order valence-corrected chi connectivity index (χ3v) is 8.12. The molecule has 5 rings (SSSR count). The number of alkyl halides is 4. The Balaban J connectivity index is 1.34. The standard InChI is InChI=1S/C30H26F4N4O2S/c1-29(31)10-11-38(17-29)28(40)19-4-8-25(36-16-19)20-12-21-13-23(41-27(21)24(14-20)30(32,33)34)7-6-22(39)5-2-18-3-9-26(35)37-15-18/h2-5,8-9,12-16H,6-7,10-11,17H2,1H3,(H2,35,37)/b5-2+. The lowest BCUT2D eigenvalue weighted by atomic mass is 10.0. The van der Waals surface area contributed by atoms with Gasteiger partial charge in [-0.15, -0.1) is 11.3 Å². The Morgan fingerprint density at radius 1 is 1.12 bits per heavy atom. The summed E-state index contributed by atoms with van der Waals surface area (Å²) in [6.45, 7) is 1.73. The van der Waals surface area contributed by atoms with Gasteiger partial charge in [0.1, 0.15) is 11.5 Å². The average molecular weight is 583 g/mol. The van der Waals surface area contributed by atoms with Crippen LogP contribution in [-0.2, 0) is 17.4 Å². The van der Waals surface area contributed by atoms with Crippen LogP contribution < -0.4 is 5.73 Å². The molecule has 1 aliphatic rings. The molecule has 1 unspecified atom stereocenters. The number of thiophene rings is 1. The highest BCUT2D eigenvalue weighted by Crippen LogP contribution is 2.41. The van der Waals surface area contributed by atoms with Gasteiger partial charge in [-0.3, -0.25) is 14.6 Å². The highest BCUT2D eigenvalue weighted by molar-refractivity contribution is 7.19. The van der Waals surface area contributed by atoms with Crippen molar-refractivity contribution in [2.24, 2.45) is 0 Å². The average Bonchev–Trinajstić information content (AvgIpc) is 3.52. The third kappa shape index (κ3) is 6.62. The molecule has 0 spiro atoms. The second kappa shape index (κ2) is 11.0. The molecule has 0 radical (unpaired) electrons. The number of anilines is 1. The van der Waals surface area contributed by atoms with Gasteiger partial charge in [0, 0.05) is 46.9 Å². The number of aromatic nitrogens is 2. The molecule has 11 heteroatoms. The van der Waals surface area contributed by atoms with Gasteiger partial charge >= 0.3 is 6.18 Å². The molecular formula is C30H26F4N4O2S. The summed E-state index contributed by atoms with van der Waals surface area (Å²) < 4.78 is 56.4. The van der Waals surface area contributed by atoms with Gasteiger partial charge in [0.05, 0.1) is 23.4 Å². The number of benzene rings is 1. The largest absolute Gasteiger partial charge is 0.417 e. The summed E-state index contributed by atoms with van der Waals surface area (Å²) in [5.74, 6) is -0.166. The molecule has 1 aliphatic heterocycles. The fourth-order valence-electron chi connectivity index (χ4n) is 4.69. The number of likely N-dealkylation sites (tertiary alicyclic amines) is 1. The molecule has 1 saturated heterocycles. The van der Waals surface area contributed by atoms with Gasteiger partial charge in [0.25, 0.3) is 5.91 Å². The summed E-state index contributed by atoms with van der Waals surface area (Å²) >= 11 is 1.01. The van der Waals surface area contributed by atoms with Crippen LogP contribution in [-0.4, -0.2) is 45.3 Å². The van der Waals surface area contributed by atoms with E-state index < -0.39 is 17.4 Å². The van der Waals surface area contributed by atoms with Crippen LogP contribution in [0.25, 0.3) is 27.4 Å². The summed E-state index contributed by atoms with van der Waals surface area (Å²) in [6.07, 6.45) is 1.94. The molecule has 4 aromatic rings. The predicted octanol–water partition coefficient (Wildman–Crippen LogP) is 6.75. The Labute approximate surface area is 237 Å². The molecule has 212 valence electrons. The molecule has 1 aromatic carbocycles. The predicted molar refractivity (Wildman–Crippen MR) is 151 cm³/mol. The lowest BCUT2D eigenvalue weighted by molar-refractivity contribution is -0.136. The summed E-state index contributed by atoms with van der Waals surface area (Å²) in [4.78, 5) is 35.4. The first-order valence-corrected chi connectivity index (χ1v) is 13.7. The van der Waals surface area contributed by atoms with Crippen molar-refractivity contribution in [3.8, 4) is 11.3 Å². The van der Waals surface area contributed by atoms with Crippen LogP contribution in [0.1, 0.15) is 46.1 Å². The summed E-state index contributed by atoms with van der Waals surface area (Å²) in [7, 11) is 0. The molecule has 4 heterocycles. The number of hydrogen-bond acceptors (Lipinski definition) is 6. The summed E-state index contributed by atoms with van der Waals surface area (Å²) in [6, 6.07) is 10.7. The number of fused-ring (bicyclic) bond motifs is 1. The lowest BCUT2D eigenvalue weighted by Crippen LogP contribution is -2.31. The number of halogens is 4. The molecular weight excluding hydrogens is 556 g/mol. The van der Waals surface area contributed by atoms with E-state index in [2.05, 4.69) is 9.97 Å². The number of ketones is 1. The number of nitrogens with two attached hydrogens (primary N) is 1. The lowest BCUT2D eigenvalue weighted by Gasteiger charge is -2.17. The van der Waals surface area contributed by atoms with E-state index in [1.54, 1.807) is 30.3 Å². The van der Waals surface area contributed by atoms with Crippen molar-refractivity contribution in [1.82, 2.24) is 14.9 Å². The van der Waals surface area contributed by atoms with Crippen molar-refractivity contribution >= 4 is 45.0 Å². The number of nitrogen functional groups attached to an aromatic ring is 1. The molecule has 3 aromatic heterocycles. The Morgan fingerprint density at radius 3 is 2.56 bits per heavy atom. The topological polar surface area (TPSA) is 89.2 Å². The van der Waals surface area contributed by atoms with Crippen molar-refractivity contribution in [3.05, 3.63) is 82.5 Å². The zero-order valence-corrected chi connectivity index (χ0v) is 22.9. The first-order chi connectivity index (χ1) is 19.4. The first kappa shape index (κ1) is 28.4. The number of hydrogen-bond donors (Lipinski definition) is 1. The fraction of sp³-hybridized carbons (Fsp3) is 0.267. The fourth-order valence-corrected chi connectivity index (χ4v) is 5.87. The quantitative estimate of drug-likeness (QED) is 0.192. The van der Waals surface area contributed by atoms with Crippen LogP contribution in [0.4, 0.5) is 23.4 Å². The molecule has 0 bridgehead atoms. The van der Waals surface area contributed by atoms with E-state index in [-0.39, 0.29) is 52.6 Å². The van der Waals surface area contributed by atoms with Crippen molar-refractivity contribution in [2.75, 3.05) is 18.8 Å². The zero-order valence-electron chi connectivity index (χ0n) is 22.0. The molecule has 41 heavy (non-hydrogen) atoms. The SMILES string of the molecule is CC1(F)CCN(C(=O)c2ccc(-c3cc(C(F)(F)F)c4sc(CCC(=O)/C=C/c5ccc(N)nc5)cc4c3)nc2)C1. The molecule has 6 nitrogen and oxygen atoms in total. The second-order valence-electron chi connectivity index (χ2n) is 10.3. The van der Waals surface area contributed by atoms with E-state index >= 15 is 0 Å². The van der Waals surface area contributed by atoms with E-state index in [1.165, 1.54) is 42.4 Å². The number of rotatable bonds is 7. The molecule has 0 aliphatic carbocycles. The van der Waals surface area contributed by atoms with Gasteiger partial charge in [-0.25, -0.2) is 9.37 Å². The van der Waals surface area contributed by atoms with E-state index in [4.69, 9.17) is 5.73 Å². The highest BCUT2D eigenvalue weighted by atomic mass is 32.1. The van der Waals surface area contributed by atoms with Crippen molar-refractivity contribution < 1.29 is 27.2 Å². The van der Waals surface area contributed by atoms with Gasteiger partial charge in [0.2, 0.25) is 0 Å². The van der Waals surface area contributed by atoms with E-state index in [1.807, 2.05) is 0 Å². The van der Waals surface area contributed by atoms with Gasteiger partial charge in [-0.05, 0) is 78.9 Å². The van der Waals surface area contributed by atoms with Gasteiger partial charge in [-0.2, -0.15) is 13.2 Å². The maximum atomic E-state index is 14.2. The third-order valence-electron chi connectivity index (χ3n) is 6.88. The van der Waals surface area contributed by atoms with Crippen molar-refractivity contribution in [2.45, 2.75) is 38.0 Å². The van der Waals surface area contributed by atoms with E-state index in [9.17, 15) is 27.2 Å². The van der Waals surface area contributed by atoms with E-state index in [0.29, 0.717) is 34.6 Å². The van der Waals surface area contributed by atoms with Crippen LogP contribution in [0, 0.1) is 0 Å². The Hall–Kier alpha value is -4.12. The van der Waals surface area contributed by atoms with Crippen molar-refractivity contribution in [3.63, 3.8) is 0 Å². The summed E-state index contributed by atoms with van der Waals surface area (Å²) in [5, 5.41) is 0.395. The van der Waals surface area contributed by atoms with E-state index in [0.717, 1.165) is 17.4 Å². The minimum Gasteiger partial charge on any atom is -0.384 e. The normalized spacial score (nSPS) is 17.5. The Morgan fingerprint density at radius 2 is 1.93 bits per heavy atom. The first-order valence-electron chi connectivity index (χ1n) is 12.9. The molecule has 2 N–H and O–H groups in total. The smallest absolute Gasteiger partial charge is 0.384 e.